The van der Waals surface area contributed by atoms with E-state index in [2.05, 4.69) is 26.1 Å². The molecule has 70 valence electrons. The highest BCUT2D eigenvalue weighted by molar-refractivity contribution is 9.10. The molecule has 0 saturated heterocycles. The van der Waals surface area contributed by atoms with Gasteiger partial charge in [-0.05, 0) is 30.7 Å². The predicted molar refractivity (Wildman–Crippen MR) is 59.9 cm³/mol. The van der Waals surface area contributed by atoms with Crippen molar-refractivity contribution < 1.29 is 0 Å². The SMILES string of the molecule is Cc1cnnc(-c2ccc(Br)cc2)c1. The summed E-state index contributed by atoms with van der Waals surface area (Å²) < 4.78 is 1.07. The summed E-state index contributed by atoms with van der Waals surface area (Å²) in [5, 5.41) is 8.00. The van der Waals surface area contributed by atoms with Crippen LogP contribution in [0, 0.1) is 6.92 Å². The minimum Gasteiger partial charge on any atom is -0.158 e. The second-order valence-corrected chi connectivity index (χ2v) is 4.04. The van der Waals surface area contributed by atoms with Crippen LogP contribution in [0.1, 0.15) is 5.56 Å². The summed E-state index contributed by atoms with van der Waals surface area (Å²) in [5.74, 6) is 0. The molecule has 14 heavy (non-hydrogen) atoms. The minimum atomic E-state index is 0.914. The summed E-state index contributed by atoms with van der Waals surface area (Å²) in [6, 6.07) is 10.1. The zero-order valence-electron chi connectivity index (χ0n) is 7.74. The number of hydrogen-bond acceptors (Lipinski definition) is 2. The van der Waals surface area contributed by atoms with Crippen molar-refractivity contribution in [2.75, 3.05) is 0 Å². The lowest BCUT2D eigenvalue weighted by molar-refractivity contribution is 1.02. The van der Waals surface area contributed by atoms with E-state index in [-0.39, 0.29) is 0 Å². The molecule has 2 aromatic rings. The van der Waals surface area contributed by atoms with Gasteiger partial charge in [0.15, 0.2) is 0 Å². The molecule has 0 aliphatic carbocycles. The quantitative estimate of drug-likeness (QED) is 0.775. The van der Waals surface area contributed by atoms with Crippen LogP contribution in [-0.4, -0.2) is 10.2 Å². The first-order chi connectivity index (χ1) is 6.75. The van der Waals surface area contributed by atoms with E-state index >= 15 is 0 Å². The number of rotatable bonds is 1. The number of aryl methyl sites for hydroxylation is 1. The summed E-state index contributed by atoms with van der Waals surface area (Å²) in [7, 11) is 0. The molecule has 1 aromatic heterocycles. The Kier molecular flexibility index (Phi) is 2.59. The highest BCUT2D eigenvalue weighted by Crippen LogP contribution is 2.19. The van der Waals surface area contributed by atoms with Gasteiger partial charge in [0.1, 0.15) is 0 Å². The van der Waals surface area contributed by atoms with Crippen molar-refractivity contribution in [3.05, 3.63) is 46.6 Å². The molecule has 0 aliphatic heterocycles. The van der Waals surface area contributed by atoms with Crippen LogP contribution < -0.4 is 0 Å². The number of hydrogen-bond donors (Lipinski definition) is 0. The Morgan fingerprint density at radius 1 is 1.14 bits per heavy atom. The van der Waals surface area contributed by atoms with E-state index in [1.807, 2.05) is 37.3 Å². The van der Waals surface area contributed by atoms with Crippen molar-refractivity contribution in [3.8, 4) is 11.3 Å². The van der Waals surface area contributed by atoms with Crippen molar-refractivity contribution in [3.63, 3.8) is 0 Å². The van der Waals surface area contributed by atoms with Gasteiger partial charge < -0.3 is 0 Å². The molecule has 1 heterocycles. The fraction of sp³-hybridized carbons (Fsp3) is 0.0909. The lowest BCUT2D eigenvalue weighted by atomic mass is 10.1. The summed E-state index contributed by atoms with van der Waals surface area (Å²) in [4.78, 5) is 0. The van der Waals surface area contributed by atoms with Crippen LogP contribution in [0.15, 0.2) is 41.0 Å². The molecule has 0 atom stereocenters. The fourth-order valence-electron chi connectivity index (χ4n) is 1.23. The molecule has 0 spiro atoms. The first-order valence-electron chi connectivity index (χ1n) is 4.31. The Hall–Kier alpha value is -1.22. The molecule has 0 saturated carbocycles. The van der Waals surface area contributed by atoms with Gasteiger partial charge in [-0.25, -0.2) is 0 Å². The lowest BCUT2D eigenvalue weighted by Crippen LogP contribution is -1.87. The topological polar surface area (TPSA) is 25.8 Å². The average Bonchev–Trinajstić information content (AvgIpc) is 2.19. The molecule has 2 nitrogen and oxygen atoms in total. The summed E-state index contributed by atoms with van der Waals surface area (Å²) >= 11 is 3.40. The van der Waals surface area contributed by atoms with Crippen LogP contribution in [0.25, 0.3) is 11.3 Å². The van der Waals surface area contributed by atoms with Crippen molar-refractivity contribution in [1.82, 2.24) is 10.2 Å². The van der Waals surface area contributed by atoms with E-state index in [9.17, 15) is 0 Å². The van der Waals surface area contributed by atoms with Crippen LogP contribution in [0.5, 0.6) is 0 Å². The molecule has 2 rings (SSSR count). The van der Waals surface area contributed by atoms with Gasteiger partial charge in [-0.1, -0.05) is 28.1 Å². The molecule has 0 bridgehead atoms. The normalized spacial score (nSPS) is 10.1. The van der Waals surface area contributed by atoms with E-state index < -0.39 is 0 Å². The predicted octanol–water partition coefficient (Wildman–Crippen LogP) is 3.21. The molecular formula is C11H9BrN2. The minimum absolute atomic E-state index is 0.914. The lowest BCUT2D eigenvalue weighted by Gasteiger charge is -2.00. The number of halogens is 1. The number of aromatic nitrogens is 2. The molecule has 3 heteroatoms. The van der Waals surface area contributed by atoms with E-state index in [1.165, 1.54) is 0 Å². The summed E-state index contributed by atoms with van der Waals surface area (Å²) in [6.45, 7) is 2.01. The van der Waals surface area contributed by atoms with Gasteiger partial charge in [0.05, 0.1) is 11.9 Å². The van der Waals surface area contributed by atoms with Crippen LogP contribution >= 0.6 is 15.9 Å². The summed E-state index contributed by atoms with van der Waals surface area (Å²) in [6.07, 6.45) is 1.75. The third-order valence-electron chi connectivity index (χ3n) is 1.93. The molecule has 0 amide bonds. The van der Waals surface area contributed by atoms with E-state index in [1.54, 1.807) is 6.20 Å². The average molecular weight is 249 g/mol. The largest absolute Gasteiger partial charge is 0.158 e. The smallest absolute Gasteiger partial charge is 0.0932 e. The van der Waals surface area contributed by atoms with Gasteiger partial charge >= 0.3 is 0 Å². The van der Waals surface area contributed by atoms with Crippen LogP contribution in [0.2, 0.25) is 0 Å². The van der Waals surface area contributed by atoms with Crippen molar-refractivity contribution in [2.24, 2.45) is 0 Å². The van der Waals surface area contributed by atoms with Gasteiger partial charge in [0.25, 0.3) is 0 Å². The zero-order valence-corrected chi connectivity index (χ0v) is 9.32. The molecule has 0 fully saturated rings. The van der Waals surface area contributed by atoms with E-state index in [4.69, 9.17) is 0 Å². The van der Waals surface area contributed by atoms with Crippen LogP contribution in [-0.2, 0) is 0 Å². The molecular weight excluding hydrogens is 240 g/mol. The maximum absolute atomic E-state index is 4.07. The first kappa shape index (κ1) is 9.34. The van der Waals surface area contributed by atoms with E-state index in [0.29, 0.717) is 0 Å². The maximum atomic E-state index is 4.07. The maximum Gasteiger partial charge on any atom is 0.0932 e. The second kappa shape index (κ2) is 3.88. The van der Waals surface area contributed by atoms with Gasteiger partial charge in [0.2, 0.25) is 0 Å². The Morgan fingerprint density at radius 3 is 2.50 bits per heavy atom. The summed E-state index contributed by atoms with van der Waals surface area (Å²) in [5.41, 5.74) is 3.12. The van der Waals surface area contributed by atoms with Crippen molar-refractivity contribution in [1.29, 1.82) is 0 Å². The molecule has 0 aliphatic rings. The van der Waals surface area contributed by atoms with Gasteiger partial charge in [-0.2, -0.15) is 10.2 Å². The van der Waals surface area contributed by atoms with Crippen molar-refractivity contribution >= 4 is 15.9 Å². The molecule has 0 N–H and O–H groups in total. The highest BCUT2D eigenvalue weighted by Gasteiger charge is 1.99. The first-order valence-corrected chi connectivity index (χ1v) is 5.10. The number of benzene rings is 1. The Morgan fingerprint density at radius 2 is 1.86 bits per heavy atom. The van der Waals surface area contributed by atoms with Gasteiger partial charge in [-0.3, -0.25) is 0 Å². The third-order valence-corrected chi connectivity index (χ3v) is 2.46. The monoisotopic (exact) mass is 248 g/mol. The zero-order chi connectivity index (χ0) is 9.97. The Bertz CT molecular complexity index is 437. The van der Waals surface area contributed by atoms with Crippen LogP contribution in [0.3, 0.4) is 0 Å². The second-order valence-electron chi connectivity index (χ2n) is 3.13. The molecule has 0 unspecified atom stereocenters. The van der Waals surface area contributed by atoms with Crippen molar-refractivity contribution in [2.45, 2.75) is 6.92 Å². The molecule has 1 aromatic carbocycles. The third kappa shape index (κ3) is 1.99. The van der Waals surface area contributed by atoms with Crippen LogP contribution in [0.4, 0.5) is 0 Å². The Balaban J connectivity index is 2.44. The van der Waals surface area contributed by atoms with E-state index in [0.717, 1.165) is 21.3 Å². The standard InChI is InChI=1S/C11H9BrN2/c1-8-6-11(14-13-7-8)9-2-4-10(12)5-3-9/h2-7H,1H3. The van der Waals surface area contributed by atoms with Gasteiger partial charge in [-0.15, -0.1) is 0 Å². The molecule has 0 radical (unpaired) electrons. The Labute approximate surface area is 91.1 Å². The number of nitrogens with zero attached hydrogens (tertiary/aromatic N) is 2. The fourth-order valence-corrected chi connectivity index (χ4v) is 1.49. The highest BCUT2D eigenvalue weighted by atomic mass is 79.9. The van der Waals surface area contributed by atoms with Gasteiger partial charge in [0, 0.05) is 10.0 Å².